The van der Waals surface area contributed by atoms with E-state index in [0.29, 0.717) is 26.2 Å². The van der Waals surface area contributed by atoms with Gasteiger partial charge in [-0.2, -0.15) is 0 Å². The van der Waals surface area contributed by atoms with Gasteiger partial charge in [0.2, 0.25) is 11.8 Å². The molecule has 6 nitrogen and oxygen atoms in total. The molecule has 1 aliphatic heterocycles. The van der Waals surface area contributed by atoms with E-state index in [1.54, 1.807) is 4.90 Å². The van der Waals surface area contributed by atoms with E-state index >= 15 is 0 Å². The Morgan fingerprint density at radius 1 is 1.36 bits per heavy atom. The first-order valence-corrected chi connectivity index (χ1v) is 9.01. The maximum absolute atomic E-state index is 12.6. The Labute approximate surface area is 149 Å². The molecule has 1 atom stereocenters. The maximum atomic E-state index is 12.6. The van der Waals surface area contributed by atoms with Crippen molar-refractivity contribution >= 4 is 11.8 Å². The standard InChI is InChI=1S/C19H29N3O3/c1-3-9-21(11-12-23)18(24)13-17-19(25)20-8-10-22(17)14-16-7-5-4-6-15(16)2/h4-7,17,23H,3,8-14H2,1-2H3,(H,20,25)/t17-/m0/s1. The summed E-state index contributed by atoms with van der Waals surface area (Å²) in [5, 5.41) is 12.0. The van der Waals surface area contributed by atoms with E-state index in [2.05, 4.69) is 29.3 Å². The molecule has 0 aliphatic carbocycles. The highest BCUT2D eigenvalue weighted by molar-refractivity contribution is 5.88. The Kier molecular flexibility index (Phi) is 7.40. The van der Waals surface area contributed by atoms with Gasteiger partial charge in [-0.25, -0.2) is 0 Å². The van der Waals surface area contributed by atoms with Gasteiger partial charge in [0.15, 0.2) is 0 Å². The van der Waals surface area contributed by atoms with Crippen molar-refractivity contribution in [1.29, 1.82) is 0 Å². The van der Waals surface area contributed by atoms with Gasteiger partial charge in [0.05, 0.1) is 19.1 Å². The van der Waals surface area contributed by atoms with E-state index < -0.39 is 6.04 Å². The molecule has 0 bridgehead atoms. The third-order valence-corrected chi connectivity index (χ3v) is 4.66. The molecule has 1 aromatic rings. The fourth-order valence-corrected chi connectivity index (χ4v) is 3.23. The molecule has 138 valence electrons. The Hall–Kier alpha value is -1.92. The summed E-state index contributed by atoms with van der Waals surface area (Å²) in [4.78, 5) is 28.7. The molecule has 0 saturated carbocycles. The normalized spacial score (nSPS) is 18.0. The quantitative estimate of drug-likeness (QED) is 0.733. The number of rotatable bonds is 8. The van der Waals surface area contributed by atoms with Gasteiger partial charge < -0.3 is 15.3 Å². The first kappa shape index (κ1) is 19.4. The number of benzene rings is 1. The molecular formula is C19H29N3O3. The molecule has 0 spiro atoms. The van der Waals surface area contributed by atoms with Crippen molar-refractivity contribution < 1.29 is 14.7 Å². The minimum Gasteiger partial charge on any atom is -0.395 e. The number of hydrogen-bond acceptors (Lipinski definition) is 4. The van der Waals surface area contributed by atoms with Crippen molar-refractivity contribution in [3.63, 3.8) is 0 Å². The van der Waals surface area contributed by atoms with Crippen LogP contribution in [0.2, 0.25) is 0 Å². The highest BCUT2D eigenvalue weighted by atomic mass is 16.3. The Morgan fingerprint density at radius 2 is 2.12 bits per heavy atom. The fraction of sp³-hybridized carbons (Fsp3) is 0.579. The van der Waals surface area contributed by atoms with Crippen LogP contribution in [0.15, 0.2) is 24.3 Å². The number of aryl methyl sites for hydroxylation is 1. The minimum atomic E-state index is -0.459. The van der Waals surface area contributed by atoms with Gasteiger partial charge >= 0.3 is 0 Å². The summed E-state index contributed by atoms with van der Waals surface area (Å²) >= 11 is 0. The smallest absolute Gasteiger partial charge is 0.237 e. The average Bonchev–Trinajstić information content (AvgIpc) is 2.59. The zero-order chi connectivity index (χ0) is 18.2. The summed E-state index contributed by atoms with van der Waals surface area (Å²) in [5.74, 6) is -0.165. The van der Waals surface area contributed by atoms with E-state index in [4.69, 9.17) is 5.11 Å². The van der Waals surface area contributed by atoms with Crippen molar-refractivity contribution in [3.05, 3.63) is 35.4 Å². The third kappa shape index (κ3) is 5.28. The monoisotopic (exact) mass is 347 g/mol. The van der Waals surface area contributed by atoms with Gasteiger partial charge in [-0.3, -0.25) is 14.5 Å². The number of aliphatic hydroxyl groups is 1. The Balaban J connectivity index is 2.09. The van der Waals surface area contributed by atoms with Crippen LogP contribution in [0, 0.1) is 6.92 Å². The molecular weight excluding hydrogens is 318 g/mol. The van der Waals surface area contributed by atoms with Gasteiger partial charge in [0, 0.05) is 32.7 Å². The van der Waals surface area contributed by atoms with Gasteiger partial charge in [0.1, 0.15) is 0 Å². The van der Waals surface area contributed by atoms with Crippen LogP contribution >= 0.6 is 0 Å². The molecule has 0 aromatic heterocycles. The van der Waals surface area contributed by atoms with Crippen LogP contribution in [0.1, 0.15) is 30.9 Å². The number of aliphatic hydroxyl groups excluding tert-OH is 1. The predicted octanol–water partition coefficient (Wildman–Crippen LogP) is 0.916. The second kappa shape index (κ2) is 9.53. The predicted molar refractivity (Wildman–Crippen MR) is 97.0 cm³/mol. The molecule has 1 aliphatic rings. The molecule has 0 radical (unpaired) electrons. The number of carbonyl (C=O) groups excluding carboxylic acids is 2. The first-order chi connectivity index (χ1) is 12.1. The highest BCUT2D eigenvalue weighted by Gasteiger charge is 2.32. The zero-order valence-corrected chi connectivity index (χ0v) is 15.2. The molecule has 1 aromatic carbocycles. The highest BCUT2D eigenvalue weighted by Crippen LogP contribution is 2.17. The van der Waals surface area contributed by atoms with Crippen LogP contribution < -0.4 is 5.32 Å². The van der Waals surface area contributed by atoms with Crippen molar-refractivity contribution in [3.8, 4) is 0 Å². The molecule has 1 fully saturated rings. The molecule has 1 heterocycles. The minimum absolute atomic E-state index is 0.0600. The van der Waals surface area contributed by atoms with E-state index in [-0.39, 0.29) is 24.8 Å². The SMILES string of the molecule is CCCN(CCO)C(=O)C[C@H]1C(=O)NCCN1Cc1ccccc1C. The van der Waals surface area contributed by atoms with Crippen molar-refractivity contribution in [1.82, 2.24) is 15.1 Å². The first-order valence-electron chi connectivity index (χ1n) is 9.01. The van der Waals surface area contributed by atoms with Crippen LogP contribution in [0.25, 0.3) is 0 Å². The molecule has 25 heavy (non-hydrogen) atoms. The van der Waals surface area contributed by atoms with Crippen molar-refractivity contribution in [2.24, 2.45) is 0 Å². The molecule has 2 amide bonds. The lowest BCUT2D eigenvalue weighted by atomic mass is 10.0. The van der Waals surface area contributed by atoms with Crippen LogP contribution in [-0.2, 0) is 16.1 Å². The van der Waals surface area contributed by atoms with Crippen LogP contribution in [0.4, 0.5) is 0 Å². The van der Waals surface area contributed by atoms with E-state index in [1.165, 1.54) is 11.1 Å². The summed E-state index contributed by atoms with van der Waals surface area (Å²) in [6, 6.07) is 7.66. The lowest BCUT2D eigenvalue weighted by Crippen LogP contribution is -2.56. The largest absolute Gasteiger partial charge is 0.395 e. The van der Waals surface area contributed by atoms with Crippen LogP contribution in [-0.4, -0.2) is 65.5 Å². The van der Waals surface area contributed by atoms with Crippen molar-refractivity contribution in [2.75, 3.05) is 32.8 Å². The van der Waals surface area contributed by atoms with E-state index in [1.807, 2.05) is 19.1 Å². The zero-order valence-electron chi connectivity index (χ0n) is 15.2. The Morgan fingerprint density at radius 3 is 2.80 bits per heavy atom. The van der Waals surface area contributed by atoms with E-state index in [9.17, 15) is 9.59 Å². The summed E-state index contributed by atoms with van der Waals surface area (Å²) in [7, 11) is 0. The second-order valence-corrected chi connectivity index (χ2v) is 6.51. The summed E-state index contributed by atoms with van der Waals surface area (Å²) < 4.78 is 0. The fourth-order valence-electron chi connectivity index (χ4n) is 3.23. The van der Waals surface area contributed by atoms with Gasteiger partial charge in [-0.15, -0.1) is 0 Å². The number of nitrogens with zero attached hydrogens (tertiary/aromatic N) is 2. The van der Waals surface area contributed by atoms with Crippen LogP contribution in [0.3, 0.4) is 0 Å². The van der Waals surface area contributed by atoms with Crippen molar-refractivity contribution in [2.45, 2.75) is 39.3 Å². The second-order valence-electron chi connectivity index (χ2n) is 6.51. The molecule has 0 unspecified atom stereocenters. The molecule has 1 saturated heterocycles. The lowest BCUT2D eigenvalue weighted by Gasteiger charge is -2.36. The third-order valence-electron chi connectivity index (χ3n) is 4.66. The summed E-state index contributed by atoms with van der Waals surface area (Å²) in [5.41, 5.74) is 2.36. The molecule has 2 rings (SSSR count). The number of piperazine rings is 1. The number of nitrogens with one attached hydrogen (secondary N) is 1. The van der Waals surface area contributed by atoms with Crippen LogP contribution in [0.5, 0.6) is 0 Å². The van der Waals surface area contributed by atoms with E-state index in [0.717, 1.165) is 13.0 Å². The van der Waals surface area contributed by atoms with Gasteiger partial charge in [-0.05, 0) is 24.5 Å². The summed E-state index contributed by atoms with van der Waals surface area (Å²) in [6.07, 6.45) is 0.979. The number of amides is 2. The number of carbonyl (C=O) groups is 2. The Bertz CT molecular complexity index is 585. The van der Waals surface area contributed by atoms with Gasteiger partial charge in [0.25, 0.3) is 0 Å². The van der Waals surface area contributed by atoms with Gasteiger partial charge in [-0.1, -0.05) is 31.2 Å². The molecule has 2 N–H and O–H groups in total. The summed E-state index contributed by atoms with van der Waals surface area (Å²) in [6.45, 7) is 6.90. The number of hydrogen-bond donors (Lipinski definition) is 2. The lowest BCUT2D eigenvalue weighted by molar-refractivity contribution is -0.139. The topological polar surface area (TPSA) is 72.9 Å². The average molecular weight is 347 g/mol. The molecule has 6 heteroatoms. The maximum Gasteiger partial charge on any atom is 0.237 e.